The van der Waals surface area contributed by atoms with Crippen molar-refractivity contribution in [1.82, 2.24) is 9.13 Å². The number of rotatable bonds is 8. The van der Waals surface area contributed by atoms with E-state index in [2.05, 4.69) is 345 Å². The maximum absolute atomic E-state index is 2.51. The van der Waals surface area contributed by atoms with Gasteiger partial charge in [-0.2, -0.15) is 0 Å². The van der Waals surface area contributed by atoms with Crippen LogP contribution in [0.15, 0.2) is 243 Å². The molecular weight excluding hydrogens is 1210 g/mol. The third-order valence-corrected chi connectivity index (χ3v) is 23.2. The van der Waals surface area contributed by atoms with Gasteiger partial charge in [-0.15, -0.1) is 34.0 Å². The Labute approximate surface area is 568 Å². The molecule has 4 nitrogen and oxygen atoms in total. The Morgan fingerprint density at radius 1 is 0.221 bits per heavy atom. The van der Waals surface area contributed by atoms with Crippen LogP contribution in [0.25, 0.3) is 116 Å². The van der Waals surface area contributed by atoms with E-state index in [4.69, 9.17) is 0 Å². The van der Waals surface area contributed by atoms with Gasteiger partial charge in [0, 0.05) is 128 Å². The average molecular weight is 1290 g/mol. The van der Waals surface area contributed by atoms with E-state index in [0.717, 1.165) is 34.1 Å². The Hall–Kier alpha value is -9.50. The van der Waals surface area contributed by atoms with E-state index in [-0.39, 0.29) is 21.7 Å². The largest absolute Gasteiger partial charge is 0.310 e. The van der Waals surface area contributed by atoms with Gasteiger partial charge in [0.2, 0.25) is 0 Å². The van der Waals surface area contributed by atoms with Crippen molar-refractivity contribution < 1.29 is 0 Å². The number of thiophene rings is 3. The van der Waals surface area contributed by atoms with Crippen LogP contribution in [0, 0.1) is 0 Å². The second-order valence-electron chi connectivity index (χ2n) is 30.3. The summed E-state index contributed by atoms with van der Waals surface area (Å²) < 4.78 is 12.8. The maximum Gasteiger partial charge on any atom is 0.0561 e. The van der Waals surface area contributed by atoms with E-state index < -0.39 is 0 Å². The van der Waals surface area contributed by atoms with Crippen LogP contribution in [-0.2, 0) is 21.7 Å². The zero-order chi connectivity index (χ0) is 65.2. The van der Waals surface area contributed by atoms with Gasteiger partial charge in [-0.25, -0.2) is 0 Å². The first kappa shape index (κ1) is 59.3. The Bertz CT molecular complexity index is 5530. The van der Waals surface area contributed by atoms with Crippen LogP contribution in [-0.4, -0.2) is 9.13 Å². The Balaban J connectivity index is 0.755. The molecule has 0 spiro atoms. The molecule has 0 N–H and O–H groups in total. The third-order valence-electron chi connectivity index (χ3n) is 19.8. The SMILES string of the molecule is CC(C)(C)c1cc(-n2c3ccccc3c3ccc(N(c4ccccc4)c4ccc5c(c4)sc4cc6c(cc45)sc4cc5c(cc46)sc4cc(N(c6ccccc6)c6ccc7c8ccccc8n(-c8cc(C(C)(C)C)cc(C(C)(C)C)c8)c7c6)ccc45)cc32)cc(C(C)(C)C)c1. The second-order valence-corrected chi connectivity index (χ2v) is 33.6. The van der Waals surface area contributed by atoms with E-state index in [1.807, 2.05) is 34.0 Å². The standard InChI is InChI=1S/C88H76N4S3/c1-85(2,3)53-39-54(86(4,5)6)42-63(41-53)91-75-29-21-19-27-65(75)67-35-31-59(45-77(67)91)89(57-23-15-13-16-24-57)61-33-37-69-71-49-83-73(51-81(71)93-79(69)47-61)74-52-82-72(50-84(74)95-83)70-38-34-62(48-80(70)94-82)90(58-25-17-14-18-26-58)60-32-36-68-66-28-20-22-30-76(66)92(78(68)46-60)64-43-55(87(7,8)9)40-56(44-64)88(10,11)12/h13-52H,1-12H3. The lowest BCUT2D eigenvalue weighted by Gasteiger charge is -2.27. The molecule has 0 aliphatic carbocycles. The van der Waals surface area contributed by atoms with Gasteiger partial charge in [-0.1, -0.05) is 192 Å². The number of anilines is 6. The zero-order valence-electron chi connectivity index (χ0n) is 56.1. The Morgan fingerprint density at radius 3 is 0.832 bits per heavy atom. The molecule has 12 aromatic carbocycles. The third kappa shape index (κ3) is 9.94. The fourth-order valence-electron chi connectivity index (χ4n) is 14.6. The fraction of sp³-hybridized carbons (Fsp3) is 0.182. The van der Waals surface area contributed by atoms with Crippen LogP contribution in [0.5, 0.6) is 0 Å². The minimum Gasteiger partial charge on any atom is -0.310 e. The van der Waals surface area contributed by atoms with Crippen LogP contribution in [0.1, 0.15) is 105 Å². The Kier molecular flexibility index (Phi) is 13.4. The van der Waals surface area contributed by atoms with E-state index >= 15 is 0 Å². The van der Waals surface area contributed by atoms with Crippen molar-refractivity contribution >= 4 is 172 Å². The Morgan fingerprint density at radius 2 is 0.495 bits per heavy atom. The van der Waals surface area contributed by atoms with Crippen LogP contribution >= 0.6 is 34.0 Å². The molecule has 0 fully saturated rings. The summed E-state index contributed by atoms with van der Waals surface area (Å²) in [6, 6.07) is 92.4. The molecule has 17 rings (SSSR count). The summed E-state index contributed by atoms with van der Waals surface area (Å²) in [6.45, 7) is 27.9. The summed E-state index contributed by atoms with van der Waals surface area (Å²) in [5, 5.41) is 12.9. The predicted octanol–water partition coefficient (Wildman–Crippen LogP) is 27.1. The van der Waals surface area contributed by atoms with Crippen LogP contribution in [0.4, 0.5) is 34.1 Å². The number of fused-ring (bicyclic) bond motifs is 15. The van der Waals surface area contributed by atoms with Gasteiger partial charge < -0.3 is 18.9 Å². The number of para-hydroxylation sites is 4. The van der Waals surface area contributed by atoms with Gasteiger partial charge in [-0.3, -0.25) is 0 Å². The van der Waals surface area contributed by atoms with Gasteiger partial charge in [0.1, 0.15) is 0 Å². The molecule has 17 aromatic rings. The molecule has 0 atom stereocenters. The molecule has 466 valence electrons. The first-order valence-electron chi connectivity index (χ1n) is 33.4. The second kappa shape index (κ2) is 21.5. The summed E-state index contributed by atoms with van der Waals surface area (Å²) in [4.78, 5) is 4.88. The monoisotopic (exact) mass is 1280 g/mol. The summed E-state index contributed by atoms with van der Waals surface area (Å²) in [6.07, 6.45) is 0. The highest BCUT2D eigenvalue weighted by molar-refractivity contribution is 7.28. The van der Waals surface area contributed by atoms with Gasteiger partial charge in [-0.05, 0) is 177 Å². The molecule has 0 radical (unpaired) electrons. The van der Waals surface area contributed by atoms with Crippen LogP contribution < -0.4 is 9.80 Å². The smallest absolute Gasteiger partial charge is 0.0561 e. The minimum atomic E-state index is -0.0196. The van der Waals surface area contributed by atoms with E-state index in [1.165, 1.54) is 138 Å². The normalized spacial score (nSPS) is 12.8. The highest BCUT2D eigenvalue weighted by Crippen LogP contribution is 2.50. The first-order chi connectivity index (χ1) is 45.6. The topological polar surface area (TPSA) is 16.3 Å². The molecule has 5 aromatic heterocycles. The zero-order valence-corrected chi connectivity index (χ0v) is 58.6. The van der Waals surface area contributed by atoms with E-state index in [0.29, 0.717) is 0 Å². The van der Waals surface area contributed by atoms with Gasteiger partial charge in [0.15, 0.2) is 0 Å². The van der Waals surface area contributed by atoms with Crippen molar-refractivity contribution in [2.24, 2.45) is 0 Å². The number of benzene rings is 12. The molecule has 5 heterocycles. The van der Waals surface area contributed by atoms with E-state index in [9.17, 15) is 0 Å². The number of hydrogen-bond acceptors (Lipinski definition) is 5. The quantitative estimate of drug-likeness (QED) is 0.151. The van der Waals surface area contributed by atoms with Crippen LogP contribution in [0.2, 0.25) is 0 Å². The van der Waals surface area contributed by atoms with Crippen molar-refractivity contribution in [2.45, 2.75) is 105 Å². The number of nitrogens with zero attached hydrogens (tertiary/aromatic N) is 4. The molecule has 0 unspecified atom stereocenters. The summed E-state index contributed by atoms with van der Waals surface area (Å²) in [5.41, 5.74) is 19.2. The molecule has 0 saturated heterocycles. The molecule has 7 heteroatoms. The highest BCUT2D eigenvalue weighted by Gasteiger charge is 2.27. The number of hydrogen-bond donors (Lipinski definition) is 0. The van der Waals surface area contributed by atoms with Crippen molar-refractivity contribution in [3.8, 4) is 11.4 Å². The molecule has 0 amide bonds. The minimum absolute atomic E-state index is 0.0196. The summed E-state index contributed by atoms with van der Waals surface area (Å²) in [7, 11) is 0. The highest BCUT2D eigenvalue weighted by atomic mass is 32.1. The lowest BCUT2D eigenvalue weighted by Crippen LogP contribution is -2.17. The first-order valence-corrected chi connectivity index (χ1v) is 35.8. The molecule has 95 heavy (non-hydrogen) atoms. The maximum atomic E-state index is 2.51. The van der Waals surface area contributed by atoms with Gasteiger partial charge in [0.05, 0.1) is 22.1 Å². The average Bonchev–Trinajstić information content (AvgIpc) is 1.60. The van der Waals surface area contributed by atoms with Crippen molar-refractivity contribution in [2.75, 3.05) is 9.80 Å². The van der Waals surface area contributed by atoms with Crippen LogP contribution in [0.3, 0.4) is 0 Å². The van der Waals surface area contributed by atoms with Gasteiger partial charge >= 0.3 is 0 Å². The number of aromatic nitrogens is 2. The molecule has 0 aliphatic rings. The molecule has 0 bridgehead atoms. The lowest BCUT2D eigenvalue weighted by molar-refractivity contribution is 0.567. The summed E-state index contributed by atoms with van der Waals surface area (Å²) >= 11 is 5.73. The molecular formula is C88H76N4S3. The van der Waals surface area contributed by atoms with Crippen molar-refractivity contribution in [3.05, 3.63) is 265 Å². The van der Waals surface area contributed by atoms with Crippen molar-refractivity contribution in [3.63, 3.8) is 0 Å². The molecule has 0 aliphatic heterocycles. The predicted molar refractivity (Wildman–Crippen MR) is 418 cm³/mol. The molecule has 0 saturated carbocycles. The van der Waals surface area contributed by atoms with Gasteiger partial charge in [0.25, 0.3) is 0 Å². The van der Waals surface area contributed by atoms with E-state index in [1.54, 1.807) is 0 Å². The fourth-order valence-corrected chi connectivity index (χ4v) is 18.1. The van der Waals surface area contributed by atoms with Crippen molar-refractivity contribution in [1.29, 1.82) is 0 Å². The lowest BCUT2D eigenvalue weighted by atomic mass is 9.80. The summed E-state index contributed by atoms with van der Waals surface area (Å²) in [5.74, 6) is 0.